The fourth-order valence-corrected chi connectivity index (χ4v) is 0.516. The summed E-state index contributed by atoms with van der Waals surface area (Å²) in [5.41, 5.74) is 0. The molecule has 0 rings (SSSR count). The summed E-state index contributed by atoms with van der Waals surface area (Å²) in [6, 6.07) is 0. The molecule has 1 atom stereocenters. The zero-order valence-electron chi connectivity index (χ0n) is 7.33. The van der Waals surface area contributed by atoms with E-state index in [1.165, 1.54) is 6.92 Å². The van der Waals surface area contributed by atoms with Gasteiger partial charge in [0.2, 0.25) is 0 Å². The summed E-state index contributed by atoms with van der Waals surface area (Å²) in [6.45, 7) is 5.91. The molecule has 0 spiro atoms. The van der Waals surface area contributed by atoms with E-state index in [1.54, 1.807) is 0 Å². The molecule has 66 valence electrons. The maximum atomic E-state index is 10.7. The highest BCUT2D eigenvalue weighted by molar-refractivity contribution is 5.73. The predicted molar refractivity (Wildman–Crippen MR) is 42.1 cm³/mol. The highest BCUT2D eigenvalue weighted by Crippen LogP contribution is 1.99. The molecule has 0 radical (unpaired) electrons. The van der Waals surface area contributed by atoms with Crippen LogP contribution >= 0.6 is 0 Å². The van der Waals surface area contributed by atoms with Gasteiger partial charge in [0.1, 0.15) is 6.10 Å². The van der Waals surface area contributed by atoms with Crippen LogP contribution in [0.1, 0.15) is 27.2 Å². The second kappa shape index (κ2) is 5.13. The van der Waals surface area contributed by atoms with E-state index in [4.69, 9.17) is 9.84 Å². The summed E-state index contributed by atoms with van der Waals surface area (Å²) in [5.74, 6) is -0.0116. The van der Waals surface area contributed by atoms with Crippen molar-refractivity contribution in [1.29, 1.82) is 0 Å². The normalized spacial score (nSPS) is 13.2. The number of hydrogen-bond acceptors (Lipinski definition) is 3. The van der Waals surface area contributed by atoms with Crippen molar-refractivity contribution >= 4 is 5.97 Å². The molecule has 3 nitrogen and oxygen atoms in total. The highest BCUT2D eigenvalue weighted by atomic mass is 16.5. The van der Waals surface area contributed by atoms with Gasteiger partial charge in [-0.2, -0.15) is 0 Å². The van der Waals surface area contributed by atoms with Gasteiger partial charge in [-0.1, -0.05) is 13.8 Å². The second-order valence-electron chi connectivity index (χ2n) is 3.03. The SMILES string of the molecule is CC(C)CCOC(=O)[C@H](C)O. The van der Waals surface area contributed by atoms with Gasteiger partial charge in [0.15, 0.2) is 0 Å². The summed E-state index contributed by atoms with van der Waals surface area (Å²) < 4.78 is 4.73. The third-order valence-corrected chi connectivity index (χ3v) is 1.28. The van der Waals surface area contributed by atoms with Gasteiger partial charge in [-0.3, -0.25) is 0 Å². The Labute approximate surface area is 67.4 Å². The van der Waals surface area contributed by atoms with E-state index >= 15 is 0 Å². The molecule has 0 heterocycles. The summed E-state index contributed by atoms with van der Waals surface area (Å²) in [4.78, 5) is 10.7. The lowest BCUT2D eigenvalue weighted by Crippen LogP contribution is -2.20. The Bertz CT molecular complexity index is 119. The van der Waals surface area contributed by atoms with E-state index < -0.39 is 12.1 Å². The van der Waals surface area contributed by atoms with Gasteiger partial charge >= 0.3 is 5.97 Å². The van der Waals surface area contributed by atoms with E-state index in [2.05, 4.69) is 13.8 Å². The first kappa shape index (κ1) is 10.4. The lowest BCUT2D eigenvalue weighted by molar-refractivity contribution is -0.152. The number of aliphatic hydroxyl groups is 1. The Kier molecular flexibility index (Phi) is 4.86. The first-order chi connectivity index (χ1) is 5.04. The van der Waals surface area contributed by atoms with Crippen LogP contribution in [0.15, 0.2) is 0 Å². The second-order valence-corrected chi connectivity index (χ2v) is 3.03. The molecular weight excluding hydrogens is 144 g/mol. The van der Waals surface area contributed by atoms with Gasteiger partial charge in [0.05, 0.1) is 6.61 Å². The van der Waals surface area contributed by atoms with Crippen LogP contribution in [-0.4, -0.2) is 23.8 Å². The summed E-state index contributed by atoms with van der Waals surface area (Å²) in [7, 11) is 0. The minimum atomic E-state index is -0.998. The van der Waals surface area contributed by atoms with E-state index in [0.29, 0.717) is 12.5 Å². The smallest absolute Gasteiger partial charge is 0.334 e. The number of carbonyl (C=O) groups excluding carboxylic acids is 1. The number of carbonyl (C=O) groups is 1. The monoisotopic (exact) mass is 160 g/mol. The van der Waals surface area contributed by atoms with Crippen LogP contribution in [0.5, 0.6) is 0 Å². The molecule has 1 N–H and O–H groups in total. The topological polar surface area (TPSA) is 46.5 Å². The van der Waals surface area contributed by atoms with E-state index in [9.17, 15) is 4.79 Å². The molecule has 0 bridgehead atoms. The molecule has 0 aromatic carbocycles. The van der Waals surface area contributed by atoms with Crippen LogP contribution in [0.3, 0.4) is 0 Å². The van der Waals surface area contributed by atoms with Crippen LogP contribution in [0.4, 0.5) is 0 Å². The van der Waals surface area contributed by atoms with Gasteiger partial charge in [-0.05, 0) is 19.3 Å². The molecule has 0 aromatic rings. The predicted octanol–water partition coefficient (Wildman–Crippen LogP) is 0.956. The molecule has 0 fully saturated rings. The van der Waals surface area contributed by atoms with Crippen LogP contribution < -0.4 is 0 Å². The Morgan fingerprint density at radius 3 is 2.36 bits per heavy atom. The Morgan fingerprint density at radius 1 is 1.45 bits per heavy atom. The molecule has 0 unspecified atom stereocenters. The molecule has 3 heteroatoms. The molecule has 0 aliphatic carbocycles. The number of aliphatic hydroxyl groups excluding tert-OH is 1. The average molecular weight is 160 g/mol. The largest absolute Gasteiger partial charge is 0.464 e. The Hall–Kier alpha value is -0.570. The van der Waals surface area contributed by atoms with E-state index in [1.807, 2.05) is 0 Å². The first-order valence-corrected chi connectivity index (χ1v) is 3.88. The van der Waals surface area contributed by atoms with Crippen molar-refractivity contribution in [1.82, 2.24) is 0 Å². The quantitative estimate of drug-likeness (QED) is 0.623. The first-order valence-electron chi connectivity index (χ1n) is 3.88. The molecular formula is C8H16O3. The maximum Gasteiger partial charge on any atom is 0.334 e. The van der Waals surface area contributed by atoms with Gasteiger partial charge in [0, 0.05) is 0 Å². The average Bonchev–Trinajstić information content (AvgIpc) is 1.86. The number of rotatable bonds is 4. The van der Waals surface area contributed by atoms with E-state index in [0.717, 1.165) is 6.42 Å². The molecule has 0 amide bonds. The molecule has 0 saturated carbocycles. The minimum absolute atomic E-state index is 0.404. The van der Waals surface area contributed by atoms with Crippen molar-refractivity contribution in [2.45, 2.75) is 33.3 Å². The van der Waals surface area contributed by atoms with Crippen molar-refractivity contribution in [3.63, 3.8) is 0 Å². The van der Waals surface area contributed by atoms with Crippen molar-refractivity contribution in [2.24, 2.45) is 5.92 Å². The maximum absolute atomic E-state index is 10.7. The highest BCUT2D eigenvalue weighted by Gasteiger charge is 2.09. The summed E-state index contributed by atoms with van der Waals surface area (Å²) >= 11 is 0. The van der Waals surface area contributed by atoms with Crippen molar-refractivity contribution in [3.8, 4) is 0 Å². The van der Waals surface area contributed by atoms with Gasteiger partial charge in [-0.25, -0.2) is 4.79 Å². The van der Waals surface area contributed by atoms with Crippen LogP contribution in [0, 0.1) is 5.92 Å². The Balaban J connectivity index is 3.32. The van der Waals surface area contributed by atoms with Crippen LogP contribution in [0.25, 0.3) is 0 Å². The molecule has 11 heavy (non-hydrogen) atoms. The molecule has 0 aliphatic rings. The fraction of sp³-hybridized carbons (Fsp3) is 0.875. The van der Waals surface area contributed by atoms with Gasteiger partial charge in [0.25, 0.3) is 0 Å². The Morgan fingerprint density at radius 2 is 2.00 bits per heavy atom. The standard InChI is InChI=1S/C8H16O3/c1-6(2)4-5-11-8(10)7(3)9/h6-7,9H,4-5H2,1-3H3/t7-/m0/s1. The van der Waals surface area contributed by atoms with Crippen molar-refractivity contribution in [3.05, 3.63) is 0 Å². The third-order valence-electron chi connectivity index (χ3n) is 1.28. The molecule has 0 saturated heterocycles. The van der Waals surface area contributed by atoms with E-state index in [-0.39, 0.29) is 0 Å². The zero-order chi connectivity index (χ0) is 8.85. The van der Waals surface area contributed by atoms with Crippen LogP contribution in [-0.2, 0) is 9.53 Å². The molecule has 0 aliphatic heterocycles. The number of esters is 1. The van der Waals surface area contributed by atoms with Crippen LogP contribution in [0.2, 0.25) is 0 Å². The zero-order valence-corrected chi connectivity index (χ0v) is 7.33. The fourth-order valence-electron chi connectivity index (χ4n) is 0.516. The number of hydrogen-bond donors (Lipinski definition) is 1. The lowest BCUT2D eigenvalue weighted by Gasteiger charge is -2.07. The lowest BCUT2D eigenvalue weighted by atomic mass is 10.1. The van der Waals surface area contributed by atoms with Crippen molar-refractivity contribution < 1.29 is 14.6 Å². The summed E-state index contributed by atoms with van der Waals surface area (Å²) in [5, 5.41) is 8.71. The minimum Gasteiger partial charge on any atom is -0.464 e. The van der Waals surface area contributed by atoms with Gasteiger partial charge in [-0.15, -0.1) is 0 Å². The van der Waals surface area contributed by atoms with Crippen molar-refractivity contribution in [2.75, 3.05) is 6.61 Å². The summed E-state index contributed by atoms with van der Waals surface area (Å²) in [6.07, 6.45) is -0.152. The van der Waals surface area contributed by atoms with Gasteiger partial charge < -0.3 is 9.84 Å². The molecule has 0 aromatic heterocycles. The number of ether oxygens (including phenoxy) is 1. The third kappa shape index (κ3) is 5.85.